The molecule has 0 amide bonds. The highest BCUT2D eigenvalue weighted by atomic mass is 19.4. The van der Waals surface area contributed by atoms with Crippen LogP contribution in [0, 0.1) is 0 Å². The van der Waals surface area contributed by atoms with E-state index in [-0.39, 0.29) is 6.10 Å². The van der Waals surface area contributed by atoms with Crippen LogP contribution in [0.2, 0.25) is 0 Å². The molecule has 160 valence electrons. The molecule has 1 aromatic carbocycles. The summed E-state index contributed by atoms with van der Waals surface area (Å²) >= 11 is 0. The standard InChI is InChI=1S/C23H35F3O2/c1-3-5-6-7-8-9-10-11-12-16-19(15-4-2)28-22(27)20-17-13-14-18-21(20)23(24,25)26/h13-14,17-19H,3-12,15-16H2,1-2H3. The number of hydrogen-bond acceptors (Lipinski definition) is 2. The van der Waals surface area contributed by atoms with E-state index in [2.05, 4.69) is 6.92 Å². The molecule has 28 heavy (non-hydrogen) atoms. The van der Waals surface area contributed by atoms with E-state index in [0.29, 0.717) is 12.8 Å². The third-order valence-electron chi connectivity index (χ3n) is 4.97. The van der Waals surface area contributed by atoms with Gasteiger partial charge in [-0.3, -0.25) is 0 Å². The molecule has 0 saturated carbocycles. The molecule has 0 fully saturated rings. The molecule has 0 saturated heterocycles. The number of unbranched alkanes of at least 4 members (excludes halogenated alkanes) is 8. The predicted octanol–water partition coefficient (Wildman–Crippen LogP) is 7.95. The van der Waals surface area contributed by atoms with Crippen molar-refractivity contribution in [3.8, 4) is 0 Å². The van der Waals surface area contributed by atoms with Gasteiger partial charge in [0.25, 0.3) is 0 Å². The second-order valence-electron chi connectivity index (χ2n) is 7.48. The van der Waals surface area contributed by atoms with Gasteiger partial charge in [-0.05, 0) is 31.4 Å². The van der Waals surface area contributed by atoms with Gasteiger partial charge in [0.15, 0.2) is 0 Å². The SMILES string of the molecule is CCCCCCCCCCCC(CCC)OC(=O)c1ccccc1C(F)(F)F. The molecular weight excluding hydrogens is 365 g/mol. The summed E-state index contributed by atoms with van der Waals surface area (Å²) in [5.74, 6) is -0.873. The lowest BCUT2D eigenvalue weighted by Crippen LogP contribution is -2.21. The van der Waals surface area contributed by atoms with E-state index in [0.717, 1.165) is 31.7 Å². The van der Waals surface area contributed by atoms with E-state index < -0.39 is 23.3 Å². The highest BCUT2D eigenvalue weighted by Gasteiger charge is 2.35. The monoisotopic (exact) mass is 400 g/mol. The third kappa shape index (κ3) is 9.61. The van der Waals surface area contributed by atoms with Gasteiger partial charge in [-0.15, -0.1) is 0 Å². The summed E-state index contributed by atoms with van der Waals surface area (Å²) in [5.41, 5.74) is -1.33. The van der Waals surface area contributed by atoms with Gasteiger partial charge in [-0.25, -0.2) is 4.79 Å². The molecule has 0 N–H and O–H groups in total. The summed E-state index contributed by atoms with van der Waals surface area (Å²) < 4.78 is 44.8. The second kappa shape index (κ2) is 13.6. The van der Waals surface area contributed by atoms with Crippen molar-refractivity contribution in [3.05, 3.63) is 35.4 Å². The molecule has 1 unspecified atom stereocenters. The second-order valence-corrected chi connectivity index (χ2v) is 7.48. The lowest BCUT2D eigenvalue weighted by atomic mass is 10.0. The summed E-state index contributed by atoms with van der Waals surface area (Å²) in [6, 6.07) is 4.82. The first-order chi connectivity index (χ1) is 13.4. The maximum atomic E-state index is 13.1. The summed E-state index contributed by atoms with van der Waals surface area (Å²) in [6.45, 7) is 4.20. The normalized spacial score (nSPS) is 12.8. The van der Waals surface area contributed by atoms with Gasteiger partial charge >= 0.3 is 12.1 Å². The van der Waals surface area contributed by atoms with Crippen LogP contribution in [0.1, 0.15) is 107 Å². The molecular formula is C23H35F3O2. The molecule has 0 aliphatic carbocycles. The minimum Gasteiger partial charge on any atom is -0.459 e. The van der Waals surface area contributed by atoms with Crippen LogP contribution in [0.4, 0.5) is 13.2 Å². The van der Waals surface area contributed by atoms with Crippen molar-refractivity contribution >= 4 is 5.97 Å². The number of rotatable bonds is 14. The Balaban J connectivity index is 2.43. The van der Waals surface area contributed by atoms with Crippen LogP contribution < -0.4 is 0 Å². The number of ether oxygens (including phenoxy) is 1. The van der Waals surface area contributed by atoms with Crippen LogP contribution in [0.25, 0.3) is 0 Å². The molecule has 0 aromatic heterocycles. The van der Waals surface area contributed by atoms with E-state index in [1.165, 1.54) is 56.7 Å². The molecule has 5 heteroatoms. The van der Waals surface area contributed by atoms with Crippen molar-refractivity contribution < 1.29 is 22.7 Å². The number of benzene rings is 1. The molecule has 0 radical (unpaired) electrons. The van der Waals surface area contributed by atoms with Crippen molar-refractivity contribution in [3.63, 3.8) is 0 Å². The van der Waals surface area contributed by atoms with Gasteiger partial charge in [-0.1, -0.05) is 83.8 Å². The van der Waals surface area contributed by atoms with E-state index in [9.17, 15) is 18.0 Å². The number of esters is 1. The number of alkyl halides is 3. The fourth-order valence-electron chi connectivity index (χ4n) is 3.39. The van der Waals surface area contributed by atoms with Gasteiger partial charge in [0.05, 0.1) is 11.1 Å². The Hall–Kier alpha value is -1.52. The predicted molar refractivity (Wildman–Crippen MR) is 107 cm³/mol. The van der Waals surface area contributed by atoms with Crippen LogP contribution >= 0.6 is 0 Å². The Labute approximate surface area is 167 Å². The fraction of sp³-hybridized carbons (Fsp3) is 0.696. The lowest BCUT2D eigenvalue weighted by Gasteiger charge is -2.19. The van der Waals surface area contributed by atoms with Gasteiger partial charge in [0, 0.05) is 0 Å². The van der Waals surface area contributed by atoms with Gasteiger partial charge in [0.1, 0.15) is 6.10 Å². The number of hydrogen-bond donors (Lipinski definition) is 0. The van der Waals surface area contributed by atoms with Crippen molar-refractivity contribution in [1.29, 1.82) is 0 Å². The number of carbonyl (C=O) groups is 1. The first-order valence-electron chi connectivity index (χ1n) is 10.8. The van der Waals surface area contributed by atoms with Crippen molar-refractivity contribution in [1.82, 2.24) is 0 Å². The van der Waals surface area contributed by atoms with Gasteiger partial charge < -0.3 is 4.74 Å². The Bertz CT molecular complexity index is 555. The minimum atomic E-state index is -4.56. The van der Waals surface area contributed by atoms with E-state index >= 15 is 0 Å². The zero-order valence-corrected chi connectivity index (χ0v) is 17.3. The largest absolute Gasteiger partial charge is 0.459 e. The Morgan fingerprint density at radius 3 is 2.00 bits per heavy atom. The van der Waals surface area contributed by atoms with Crippen LogP contribution in [0.5, 0.6) is 0 Å². The average Bonchev–Trinajstić information content (AvgIpc) is 2.66. The molecule has 1 aromatic rings. The van der Waals surface area contributed by atoms with E-state index in [1.54, 1.807) is 0 Å². The first kappa shape index (κ1) is 24.5. The number of carbonyl (C=O) groups excluding carboxylic acids is 1. The summed E-state index contributed by atoms with van der Waals surface area (Å²) in [4.78, 5) is 12.3. The maximum absolute atomic E-state index is 13.1. The van der Waals surface area contributed by atoms with E-state index in [1.807, 2.05) is 6.92 Å². The van der Waals surface area contributed by atoms with Gasteiger partial charge in [0.2, 0.25) is 0 Å². The molecule has 2 nitrogen and oxygen atoms in total. The zero-order valence-electron chi connectivity index (χ0n) is 17.3. The molecule has 0 aliphatic rings. The molecule has 0 aliphatic heterocycles. The fourth-order valence-corrected chi connectivity index (χ4v) is 3.39. The zero-order chi connectivity index (χ0) is 20.8. The van der Waals surface area contributed by atoms with Crippen molar-refractivity contribution in [2.24, 2.45) is 0 Å². The minimum absolute atomic E-state index is 0.316. The third-order valence-corrected chi connectivity index (χ3v) is 4.97. The molecule has 1 rings (SSSR count). The van der Waals surface area contributed by atoms with Crippen molar-refractivity contribution in [2.75, 3.05) is 0 Å². The summed E-state index contributed by atoms with van der Waals surface area (Å²) in [7, 11) is 0. The van der Waals surface area contributed by atoms with E-state index in [4.69, 9.17) is 4.74 Å². The maximum Gasteiger partial charge on any atom is 0.417 e. The smallest absolute Gasteiger partial charge is 0.417 e. The highest BCUT2D eigenvalue weighted by Crippen LogP contribution is 2.32. The Morgan fingerprint density at radius 1 is 0.857 bits per heavy atom. The molecule has 0 bridgehead atoms. The Morgan fingerprint density at radius 2 is 1.43 bits per heavy atom. The van der Waals surface area contributed by atoms with Crippen LogP contribution in [0.3, 0.4) is 0 Å². The molecule has 0 spiro atoms. The Kier molecular flexibility index (Phi) is 11.9. The van der Waals surface area contributed by atoms with Crippen LogP contribution in [-0.4, -0.2) is 12.1 Å². The van der Waals surface area contributed by atoms with Crippen LogP contribution in [-0.2, 0) is 10.9 Å². The summed E-state index contributed by atoms with van der Waals surface area (Å²) in [5, 5.41) is 0. The topological polar surface area (TPSA) is 26.3 Å². The quantitative estimate of drug-likeness (QED) is 0.234. The van der Waals surface area contributed by atoms with Gasteiger partial charge in [-0.2, -0.15) is 13.2 Å². The van der Waals surface area contributed by atoms with Crippen LogP contribution in [0.15, 0.2) is 24.3 Å². The molecule has 0 heterocycles. The molecule has 1 atom stereocenters. The first-order valence-corrected chi connectivity index (χ1v) is 10.8. The highest BCUT2D eigenvalue weighted by molar-refractivity contribution is 5.91. The lowest BCUT2D eigenvalue weighted by molar-refractivity contribution is -0.138. The summed E-state index contributed by atoms with van der Waals surface area (Å²) in [6.07, 6.45) is 8.17. The van der Waals surface area contributed by atoms with Crippen molar-refractivity contribution in [2.45, 2.75) is 103 Å². The average molecular weight is 401 g/mol. The number of halogens is 3.